The average molecular weight is 341 g/mol. The molecule has 0 spiro atoms. The monoisotopic (exact) mass is 341 g/mol. The molecular weight excluding hydrogens is 321 g/mol. The minimum absolute atomic E-state index is 0.144. The van der Waals surface area contributed by atoms with E-state index in [2.05, 4.69) is 26.8 Å². The highest BCUT2D eigenvalue weighted by molar-refractivity contribution is 5.73. The van der Waals surface area contributed by atoms with Crippen LogP contribution in [0.3, 0.4) is 0 Å². The maximum absolute atomic E-state index is 13.8. The minimum atomic E-state index is -0.254. The third-order valence-corrected chi connectivity index (χ3v) is 4.54. The van der Waals surface area contributed by atoms with E-state index in [0.29, 0.717) is 17.9 Å². The number of hydrogen-bond donors (Lipinski definition) is 1. The molecule has 7 heteroatoms. The molecule has 0 unspecified atom stereocenters. The van der Waals surface area contributed by atoms with Crippen molar-refractivity contribution in [2.45, 2.75) is 19.9 Å². The van der Waals surface area contributed by atoms with Gasteiger partial charge in [-0.2, -0.15) is 0 Å². The Balaban J connectivity index is 1.69. The molecule has 0 bridgehead atoms. The van der Waals surface area contributed by atoms with Crippen LogP contribution < -0.4 is 15.4 Å². The number of rotatable bonds is 4. The number of aromatic amines is 1. The largest absolute Gasteiger partial charge is 0.368 e. The molecule has 3 heterocycles. The first-order chi connectivity index (χ1) is 12.2. The van der Waals surface area contributed by atoms with Gasteiger partial charge in [0.25, 0.3) is 5.56 Å². The first-order valence-electron chi connectivity index (χ1n) is 8.51. The fraction of sp³-hybridized carbons (Fsp3) is 0.333. The first kappa shape index (κ1) is 15.7. The zero-order valence-corrected chi connectivity index (χ0v) is 14.1. The molecule has 1 aliphatic rings. The molecule has 0 atom stereocenters. The van der Waals surface area contributed by atoms with Crippen LogP contribution in [-0.2, 0) is 6.54 Å². The van der Waals surface area contributed by atoms with E-state index in [1.807, 2.05) is 6.07 Å². The molecule has 25 heavy (non-hydrogen) atoms. The number of H-pyrrole nitrogens is 1. The van der Waals surface area contributed by atoms with Crippen molar-refractivity contribution in [1.29, 1.82) is 0 Å². The summed E-state index contributed by atoms with van der Waals surface area (Å²) in [6.45, 7) is 5.20. The van der Waals surface area contributed by atoms with E-state index in [1.54, 1.807) is 18.3 Å². The summed E-state index contributed by atoms with van der Waals surface area (Å²) in [6.07, 6.45) is 2.72. The van der Waals surface area contributed by atoms with Gasteiger partial charge >= 0.3 is 0 Å². The molecule has 0 saturated carbocycles. The SMILES string of the molecule is CCCN1CCN(Cc2cc(=O)n3[nH]ccc3n2)c2cc(F)ccc21. The quantitative estimate of drug-likeness (QED) is 0.792. The maximum atomic E-state index is 13.8. The topological polar surface area (TPSA) is 56.6 Å². The van der Waals surface area contributed by atoms with Crippen molar-refractivity contribution in [3.8, 4) is 0 Å². The van der Waals surface area contributed by atoms with Crippen LogP contribution in [0.25, 0.3) is 5.65 Å². The zero-order chi connectivity index (χ0) is 17.4. The Morgan fingerprint density at radius 3 is 2.84 bits per heavy atom. The Morgan fingerprint density at radius 1 is 1.16 bits per heavy atom. The standard InChI is InChI=1S/C18H20FN5O/c1-2-7-22-8-9-23(16-10-13(19)3-4-15(16)22)12-14-11-18(25)24-17(21-14)5-6-20-24/h3-6,10-11,20H,2,7-9,12H2,1H3. The van der Waals surface area contributed by atoms with Crippen LogP contribution in [0.15, 0.2) is 41.3 Å². The van der Waals surface area contributed by atoms with E-state index in [4.69, 9.17) is 0 Å². The van der Waals surface area contributed by atoms with E-state index in [-0.39, 0.29) is 11.4 Å². The van der Waals surface area contributed by atoms with Gasteiger partial charge in [0, 0.05) is 38.0 Å². The van der Waals surface area contributed by atoms with Gasteiger partial charge in [-0.3, -0.25) is 9.89 Å². The Bertz CT molecular complexity index is 963. The van der Waals surface area contributed by atoms with Crippen LogP contribution in [0, 0.1) is 5.82 Å². The molecule has 3 aromatic rings. The molecule has 1 aromatic carbocycles. The lowest BCUT2D eigenvalue weighted by molar-refractivity contribution is 0.620. The minimum Gasteiger partial charge on any atom is -0.368 e. The molecular formula is C18H20FN5O. The van der Waals surface area contributed by atoms with Crippen LogP contribution >= 0.6 is 0 Å². The van der Waals surface area contributed by atoms with E-state index in [9.17, 15) is 9.18 Å². The smallest absolute Gasteiger partial charge is 0.272 e. The molecule has 130 valence electrons. The van der Waals surface area contributed by atoms with Crippen molar-refractivity contribution >= 4 is 17.0 Å². The summed E-state index contributed by atoms with van der Waals surface area (Å²) in [6, 6.07) is 8.20. The number of fused-ring (bicyclic) bond motifs is 2. The summed E-state index contributed by atoms with van der Waals surface area (Å²) in [4.78, 5) is 21.0. The Morgan fingerprint density at radius 2 is 2.00 bits per heavy atom. The highest BCUT2D eigenvalue weighted by Crippen LogP contribution is 2.34. The molecule has 1 aliphatic heterocycles. The second kappa shape index (κ2) is 6.23. The number of aromatic nitrogens is 3. The van der Waals surface area contributed by atoms with Gasteiger partial charge in [0.15, 0.2) is 5.65 Å². The third-order valence-electron chi connectivity index (χ3n) is 4.54. The molecule has 0 amide bonds. The molecule has 0 aliphatic carbocycles. The first-order valence-corrected chi connectivity index (χ1v) is 8.51. The van der Waals surface area contributed by atoms with Crippen molar-refractivity contribution in [2.75, 3.05) is 29.4 Å². The Kier molecular flexibility index (Phi) is 3.91. The molecule has 4 rings (SSSR count). The van der Waals surface area contributed by atoms with Crippen LogP contribution in [0.4, 0.5) is 15.8 Å². The summed E-state index contributed by atoms with van der Waals surface area (Å²) in [7, 11) is 0. The van der Waals surface area contributed by atoms with E-state index < -0.39 is 0 Å². The number of anilines is 2. The van der Waals surface area contributed by atoms with Gasteiger partial charge in [0.05, 0.1) is 23.6 Å². The molecule has 2 aromatic heterocycles. The van der Waals surface area contributed by atoms with Crippen LogP contribution in [0.2, 0.25) is 0 Å². The number of hydrogen-bond acceptors (Lipinski definition) is 4. The lowest BCUT2D eigenvalue weighted by atomic mass is 10.1. The predicted octanol–water partition coefficient (Wildman–Crippen LogP) is 2.40. The van der Waals surface area contributed by atoms with Gasteiger partial charge in [-0.05, 0) is 24.6 Å². The summed E-state index contributed by atoms with van der Waals surface area (Å²) >= 11 is 0. The summed E-state index contributed by atoms with van der Waals surface area (Å²) in [5, 5.41) is 2.83. The van der Waals surface area contributed by atoms with Crippen molar-refractivity contribution in [3.63, 3.8) is 0 Å². The summed E-state index contributed by atoms with van der Waals surface area (Å²) in [5.41, 5.74) is 3.02. The van der Waals surface area contributed by atoms with Gasteiger partial charge in [-0.15, -0.1) is 0 Å². The highest BCUT2D eigenvalue weighted by Gasteiger charge is 2.23. The lowest BCUT2D eigenvalue weighted by Gasteiger charge is -2.38. The van der Waals surface area contributed by atoms with Crippen LogP contribution in [-0.4, -0.2) is 34.2 Å². The highest BCUT2D eigenvalue weighted by atomic mass is 19.1. The molecule has 0 fully saturated rings. The number of nitrogens with zero attached hydrogens (tertiary/aromatic N) is 4. The second-order valence-electron chi connectivity index (χ2n) is 6.28. The van der Waals surface area contributed by atoms with E-state index >= 15 is 0 Å². The second-order valence-corrected chi connectivity index (χ2v) is 6.28. The normalized spacial score (nSPS) is 14.2. The summed E-state index contributed by atoms with van der Waals surface area (Å²) in [5.74, 6) is -0.254. The number of nitrogens with one attached hydrogen (secondary N) is 1. The average Bonchev–Trinajstić information content (AvgIpc) is 3.06. The van der Waals surface area contributed by atoms with Gasteiger partial charge in [0.2, 0.25) is 0 Å². The zero-order valence-electron chi connectivity index (χ0n) is 14.1. The number of benzene rings is 1. The van der Waals surface area contributed by atoms with Crippen LogP contribution in [0.5, 0.6) is 0 Å². The molecule has 0 saturated heterocycles. The van der Waals surface area contributed by atoms with Crippen molar-refractivity contribution < 1.29 is 4.39 Å². The van der Waals surface area contributed by atoms with Gasteiger partial charge in [-0.25, -0.2) is 13.9 Å². The van der Waals surface area contributed by atoms with Gasteiger partial charge < -0.3 is 9.80 Å². The van der Waals surface area contributed by atoms with Crippen molar-refractivity contribution in [2.24, 2.45) is 0 Å². The van der Waals surface area contributed by atoms with Gasteiger partial charge in [0.1, 0.15) is 5.82 Å². The molecule has 6 nitrogen and oxygen atoms in total. The van der Waals surface area contributed by atoms with E-state index in [1.165, 1.54) is 16.6 Å². The third kappa shape index (κ3) is 2.86. The molecule has 0 radical (unpaired) electrons. The van der Waals surface area contributed by atoms with Crippen LogP contribution in [0.1, 0.15) is 19.0 Å². The predicted molar refractivity (Wildman–Crippen MR) is 95.8 cm³/mol. The lowest BCUT2D eigenvalue weighted by Crippen LogP contribution is -2.41. The number of halogens is 1. The fourth-order valence-corrected chi connectivity index (χ4v) is 3.42. The van der Waals surface area contributed by atoms with Crippen molar-refractivity contribution in [3.05, 3.63) is 58.4 Å². The maximum Gasteiger partial charge on any atom is 0.272 e. The summed E-state index contributed by atoms with van der Waals surface area (Å²) < 4.78 is 15.2. The fourth-order valence-electron chi connectivity index (χ4n) is 3.42. The van der Waals surface area contributed by atoms with Gasteiger partial charge in [-0.1, -0.05) is 6.92 Å². The van der Waals surface area contributed by atoms with E-state index in [0.717, 1.165) is 37.4 Å². The Hall–Kier alpha value is -2.83. The Labute approximate surface area is 144 Å². The van der Waals surface area contributed by atoms with Crippen molar-refractivity contribution in [1.82, 2.24) is 14.6 Å². The molecule has 1 N–H and O–H groups in total.